The summed E-state index contributed by atoms with van der Waals surface area (Å²) in [5, 5.41) is 4.11. The van der Waals surface area contributed by atoms with Gasteiger partial charge in [0.25, 0.3) is 0 Å². The van der Waals surface area contributed by atoms with Crippen molar-refractivity contribution in [2.45, 2.75) is 26.7 Å². The highest BCUT2D eigenvalue weighted by Crippen LogP contribution is 2.08. The number of hydrogen-bond donors (Lipinski definition) is 0. The molecule has 0 radical (unpaired) electrons. The Hall–Kier alpha value is -1.75. The van der Waals surface area contributed by atoms with Crippen molar-refractivity contribution in [3.05, 3.63) is 58.1 Å². The number of rotatable bonds is 6. The molecule has 2 aromatic rings. The lowest BCUT2D eigenvalue weighted by Crippen LogP contribution is -2.02. The highest BCUT2D eigenvalue weighted by molar-refractivity contribution is 9.10. The van der Waals surface area contributed by atoms with Crippen molar-refractivity contribution in [1.29, 1.82) is 0 Å². The third-order valence-electron chi connectivity index (χ3n) is 2.90. The van der Waals surface area contributed by atoms with Crippen LogP contribution in [0.15, 0.2) is 46.2 Å². The first-order chi connectivity index (χ1) is 10.1. The Morgan fingerprint density at radius 2 is 2.00 bits per heavy atom. The van der Waals surface area contributed by atoms with Crippen molar-refractivity contribution in [2.75, 3.05) is 6.61 Å². The van der Waals surface area contributed by atoms with Gasteiger partial charge in [-0.05, 0) is 66.9 Å². The van der Waals surface area contributed by atoms with Gasteiger partial charge in [-0.2, -0.15) is 0 Å². The van der Waals surface area contributed by atoms with Crippen LogP contribution in [0.2, 0.25) is 0 Å². The van der Waals surface area contributed by atoms with Gasteiger partial charge in [-0.25, -0.2) is 4.98 Å². The molecule has 0 aliphatic rings. The maximum absolute atomic E-state index is 5.35. The van der Waals surface area contributed by atoms with E-state index in [9.17, 15) is 0 Å². The average Bonchev–Trinajstić information content (AvgIpc) is 2.47. The molecule has 5 heteroatoms. The fraction of sp³-hybridized carbons (Fsp3) is 0.312. The van der Waals surface area contributed by atoms with Crippen LogP contribution in [0.1, 0.15) is 30.4 Å². The van der Waals surface area contributed by atoms with Crippen molar-refractivity contribution < 1.29 is 4.84 Å². The molecule has 0 amide bonds. The Balaban J connectivity index is 1.77. The monoisotopic (exact) mass is 347 g/mol. The van der Waals surface area contributed by atoms with E-state index in [2.05, 4.69) is 31.1 Å². The zero-order valence-corrected chi connectivity index (χ0v) is 13.8. The van der Waals surface area contributed by atoms with E-state index in [1.54, 1.807) is 0 Å². The SMILES string of the molecule is CC(=NOCCCc1cccc(Br)n1)c1cccc(C)n1. The normalized spacial score (nSPS) is 11.5. The van der Waals surface area contributed by atoms with Crippen LogP contribution in [-0.2, 0) is 11.3 Å². The molecule has 2 heterocycles. The molecule has 0 spiro atoms. The second-order valence-electron chi connectivity index (χ2n) is 4.73. The molecule has 110 valence electrons. The van der Waals surface area contributed by atoms with E-state index in [0.717, 1.165) is 40.2 Å². The third-order valence-corrected chi connectivity index (χ3v) is 3.34. The van der Waals surface area contributed by atoms with E-state index in [-0.39, 0.29) is 0 Å². The molecule has 4 nitrogen and oxygen atoms in total. The molecule has 0 aromatic carbocycles. The van der Waals surface area contributed by atoms with Crippen molar-refractivity contribution in [1.82, 2.24) is 9.97 Å². The van der Waals surface area contributed by atoms with Gasteiger partial charge in [-0.3, -0.25) is 4.98 Å². The molecule has 0 aliphatic carbocycles. The average molecular weight is 348 g/mol. The van der Waals surface area contributed by atoms with Crippen LogP contribution in [0.3, 0.4) is 0 Å². The molecule has 0 atom stereocenters. The zero-order chi connectivity index (χ0) is 15.1. The number of aryl methyl sites for hydroxylation is 2. The Morgan fingerprint density at radius 3 is 2.76 bits per heavy atom. The van der Waals surface area contributed by atoms with Gasteiger partial charge in [0.15, 0.2) is 0 Å². The fourth-order valence-corrected chi connectivity index (χ4v) is 2.22. The van der Waals surface area contributed by atoms with Crippen molar-refractivity contribution in [3.63, 3.8) is 0 Å². The lowest BCUT2D eigenvalue weighted by Gasteiger charge is -2.03. The van der Waals surface area contributed by atoms with Crippen LogP contribution in [0.5, 0.6) is 0 Å². The van der Waals surface area contributed by atoms with Crippen LogP contribution >= 0.6 is 15.9 Å². The molecular formula is C16H18BrN3O. The lowest BCUT2D eigenvalue weighted by atomic mass is 10.2. The molecule has 0 saturated carbocycles. The van der Waals surface area contributed by atoms with Crippen molar-refractivity contribution in [2.24, 2.45) is 5.16 Å². The van der Waals surface area contributed by atoms with Gasteiger partial charge >= 0.3 is 0 Å². The maximum atomic E-state index is 5.35. The van der Waals surface area contributed by atoms with Crippen molar-refractivity contribution >= 4 is 21.6 Å². The van der Waals surface area contributed by atoms with Crippen molar-refractivity contribution in [3.8, 4) is 0 Å². The molecule has 2 aromatic heterocycles. The largest absolute Gasteiger partial charge is 0.396 e. The number of aromatic nitrogens is 2. The third kappa shape index (κ3) is 5.27. The summed E-state index contributed by atoms with van der Waals surface area (Å²) >= 11 is 3.36. The van der Waals surface area contributed by atoms with E-state index in [4.69, 9.17) is 4.84 Å². The molecule has 0 saturated heterocycles. The molecule has 21 heavy (non-hydrogen) atoms. The molecule has 0 aliphatic heterocycles. The first-order valence-corrected chi connectivity index (χ1v) is 7.66. The van der Waals surface area contributed by atoms with Gasteiger partial charge in [0.2, 0.25) is 0 Å². The topological polar surface area (TPSA) is 47.4 Å². The van der Waals surface area contributed by atoms with Gasteiger partial charge in [0, 0.05) is 11.4 Å². The quantitative estimate of drug-likeness (QED) is 0.344. The zero-order valence-electron chi connectivity index (χ0n) is 12.2. The predicted molar refractivity (Wildman–Crippen MR) is 87.4 cm³/mol. The molecular weight excluding hydrogens is 330 g/mol. The summed E-state index contributed by atoms with van der Waals surface area (Å²) in [7, 11) is 0. The minimum atomic E-state index is 0.567. The summed E-state index contributed by atoms with van der Waals surface area (Å²) in [5.74, 6) is 0. The Kier molecular flexibility index (Phi) is 5.87. The molecule has 0 N–H and O–H groups in total. The summed E-state index contributed by atoms with van der Waals surface area (Å²) in [5.41, 5.74) is 3.67. The van der Waals surface area contributed by atoms with Gasteiger partial charge in [0.1, 0.15) is 16.9 Å². The second kappa shape index (κ2) is 7.88. The highest BCUT2D eigenvalue weighted by Gasteiger charge is 2.00. The number of hydrogen-bond acceptors (Lipinski definition) is 4. The smallest absolute Gasteiger partial charge is 0.117 e. The van der Waals surface area contributed by atoms with Gasteiger partial charge < -0.3 is 4.84 Å². The summed E-state index contributed by atoms with van der Waals surface area (Å²) in [4.78, 5) is 14.1. The number of oxime groups is 1. The molecule has 0 unspecified atom stereocenters. The van der Waals surface area contributed by atoms with E-state index < -0.39 is 0 Å². The maximum Gasteiger partial charge on any atom is 0.117 e. The first kappa shape index (κ1) is 15.6. The summed E-state index contributed by atoms with van der Waals surface area (Å²) in [6.07, 6.45) is 1.75. The van der Waals surface area contributed by atoms with Crippen LogP contribution in [0.4, 0.5) is 0 Å². The van der Waals surface area contributed by atoms with Crippen LogP contribution in [0.25, 0.3) is 0 Å². The minimum absolute atomic E-state index is 0.567. The minimum Gasteiger partial charge on any atom is -0.396 e. The number of nitrogens with zero attached hydrogens (tertiary/aromatic N) is 3. The Bertz CT molecular complexity index is 628. The fourth-order valence-electron chi connectivity index (χ4n) is 1.84. The summed E-state index contributed by atoms with van der Waals surface area (Å²) in [6, 6.07) is 11.8. The standard InChI is InChI=1S/C16H18BrN3O/c1-12-6-3-9-15(18-12)13(2)20-21-11-5-8-14-7-4-10-16(17)19-14/h3-4,6-7,9-10H,5,8,11H2,1-2H3. The van der Waals surface area contributed by atoms with Crippen LogP contribution in [-0.4, -0.2) is 22.3 Å². The van der Waals surface area contributed by atoms with E-state index >= 15 is 0 Å². The lowest BCUT2D eigenvalue weighted by molar-refractivity contribution is 0.141. The van der Waals surface area contributed by atoms with Gasteiger partial charge in [-0.1, -0.05) is 17.3 Å². The Labute approximate surface area is 133 Å². The Morgan fingerprint density at radius 1 is 1.19 bits per heavy atom. The summed E-state index contributed by atoms with van der Waals surface area (Å²) < 4.78 is 0.861. The molecule has 2 rings (SSSR count). The van der Waals surface area contributed by atoms with E-state index in [0.29, 0.717) is 6.61 Å². The van der Waals surface area contributed by atoms with Gasteiger partial charge in [-0.15, -0.1) is 0 Å². The summed E-state index contributed by atoms with van der Waals surface area (Å²) in [6.45, 7) is 4.43. The van der Waals surface area contributed by atoms with Gasteiger partial charge in [0.05, 0.1) is 5.69 Å². The van der Waals surface area contributed by atoms with Crippen LogP contribution in [0, 0.1) is 6.92 Å². The van der Waals surface area contributed by atoms with Crippen LogP contribution < -0.4 is 0 Å². The number of pyridine rings is 2. The van der Waals surface area contributed by atoms with E-state index in [1.807, 2.05) is 50.2 Å². The second-order valence-corrected chi connectivity index (χ2v) is 5.54. The highest BCUT2D eigenvalue weighted by atomic mass is 79.9. The molecule has 0 bridgehead atoms. The predicted octanol–water partition coefficient (Wildman–Crippen LogP) is 3.92. The first-order valence-electron chi connectivity index (χ1n) is 6.87. The molecule has 0 fully saturated rings. The number of halogens is 1. The van der Waals surface area contributed by atoms with E-state index in [1.165, 1.54) is 0 Å².